The van der Waals surface area contributed by atoms with Crippen molar-refractivity contribution in [1.29, 1.82) is 0 Å². The number of thiophene rings is 1. The minimum Gasteiger partial charge on any atom is -0.315 e. The lowest BCUT2D eigenvalue weighted by Crippen LogP contribution is -2.30. The van der Waals surface area contributed by atoms with Crippen LogP contribution in [-0.2, 0) is 13.0 Å². The van der Waals surface area contributed by atoms with E-state index in [9.17, 15) is 0 Å². The van der Waals surface area contributed by atoms with E-state index < -0.39 is 0 Å². The molecule has 1 N–H and O–H groups in total. The van der Waals surface area contributed by atoms with Crippen molar-refractivity contribution >= 4 is 27.3 Å². The Kier molecular flexibility index (Phi) is 6.73. The van der Waals surface area contributed by atoms with E-state index in [0.29, 0.717) is 0 Å². The highest BCUT2D eigenvalue weighted by Gasteiger charge is 2.01. The molecule has 0 spiro atoms. The zero-order chi connectivity index (χ0) is 14.2. The molecule has 0 atom stereocenters. The fourth-order valence-electron chi connectivity index (χ4n) is 2.09. The van der Waals surface area contributed by atoms with Crippen LogP contribution in [0.2, 0.25) is 0 Å². The van der Waals surface area contributed by atoms with Gasteiger partial charge < -0.3 is 10.2 Å². The lowest BCUT2D eigenvalue weighted by molar-refractivity contribution is 0.325. The average Bonchev–Trinajstić information content (AvgIpc) is 2.91. The smallest absolute Gasteiger partial charge is 0.0231 e. The number of hydrogen-bond acceptors (Lipinski definition) is 3. The largest absolute Gasteiger partial charge is 0.315 e. The summed E-state index contributed by atoms with van der Waals surface area (Å²) in [4.78, 5) is 3.81. The number of benzene rings is 1. The molecule has 0 bridgehead atoms. The minimum atomic E-state index is 0.992. The molecule has 2 rings (SSSR count). The van der Waals surface area contributed by atoms with Crippen LogP contribution in [0.4, 0.5) is 0 Å². The standard InChI is InChI=1S/C16H21BrN2S/c1-19(13-14-4-2-5-15(17)12-14)10-9-18-8-7-16-6-3-11-20-16/h2-6,11-12,18H,7-10,13H2,1H3. The molecule has 4 heteroatoms. The van der Waals surface area contributed by atoms with Crippen molar-refractivity contribution in [2.45, 2.75) is 13.0 Å². The molecular formula is C16H21BrN2S. The molecule has 0 saturated carbocycles. The predicted molar refractivity (Wildman–Crippen MR) is 91.4 cm³/mol. The van der Waals surface area contributed by atoms with Crippen molar-refractivity contribution in [1.82, 2.24) is 10.2 Å². The zero-order valence-electron chi connectivity index (χ0n) is 11.8. The van der Waals surface area contributed by atoms with Gasteiger partial charge in [-0.15, -0.1) is 11.3 Å². The molecule has 0 aliphatic carbocycles. The Morgan fingerprint density at radius 2 is 2.10 bits per heavy atom. The number of nitrogens with one attached hydrogen (secondary N) is 1. The molecule has 1 heterocycles. The highest BCUT2D eigenvalue weighted by molar-refractivity contribution is 9.10. The first kappa shape index (κ1) is 15.7. The van der Waals surface area contributed by atoms with Gasteiger partial charge >= 0.3 is 0 Å². The molecule has 0 radical (unpaired) electrons. The molecule has 0 aliphatic rings. The van der Waals surface area contributed by atoms with Gasteiger partial charge in [-0.1, -0.05) is 34.1 Å². The van der Waals surface area contributed by atoms with Gasteiger partial charge in [-0.05, 0) is 42.6 Å². The molecule has 20 heavy (non-hydrogen) atoms. The first-order chi connectivity index (χ1) is 9.74. The van der Waals surface area contributed by atoms with E-state index >= 15 is 0 Å². The van der Waals surface area contributed by atoms with E-state index in [1.807, 2.05) is 11.3 Å². The quantitative estimate of drug-likeness (QED) is 0.727. The van der Waals surface area contributed by atoms with Gasteiger partial charge in [-0.3, -0.25) is 0 Å². The van der Waals surface area contributed by atoms with Crippen LogP contribution in [0.5, 0.6) is 0 Å². The van der Waals surface area contributed by atoms with Crippen LogP contribution in [-0.4, -0.2) is 31.6 Å². The third-order valence-corrected chi connectivity index (χ3v) is 4.57. The van der Waals surface area contributed by atoms with Crippen molar-refractivity contribution in [3.8, 4) is 0 Å². The fourth-order valence-corrected chi connectivity index (χ4v) is 3.24. The number of halogens is 1. The van der Waals surface area contributed by atoms with Crippen molar-refractivity contribution in [3.05, 3.63) is 56.7 Å². The summed E-state index contributed by atoms with van der Waals surface area (Å²) in [6.07, 6.45) is 1.13. The normalized spacial score (nSPS) is 11.2. The Morgan fingerprint density at radius 1 is 1.20 bits per heavy atom. The van der Waals surface area contributed by atoms with Crippen LogP contribution in [0, 0.1) is 0 Å². The Hall–Kier alpha value is -0.680. The average molecular weight is 353 g/mol. The molecule has 108 valence electrons. The number of likely N-dealkylation sites (N-methyl/N-ethyl adjacent to an activating group) is 1. The summed E-state index contributed by atoms with van der Waals surface area (Å²) in [6, 6.07) is 12.8. The highest BCUT2D eigenvalue weighted by atomic mass is 79.9. The van der Waals surface area contributed by atoms with Crippen molar-refractivity contribution < 1.29 is 0 Å². The molecule has 0 fully saturated rings. The van der Waals surface area contributed by atoms with E-state index in [1.54, 1.807) is 0 Å². The second-order valence-electron chi connectivity index (χ2n) is 4.95. The minimum absolute atomic E-state index is 0.992. The molecule has 0 saturated heterocycles. The maximum atomic E-state index is 3.51. The van der Waals surface area contributed by atoms with Gasteiger partial charge in [-0.25, -0.2) is 0 Å². The monoisotopic (exact) mass is 352 g/mol. The maximum absolute atomic E-state index is 3.51. The van der Waals surface area contributed by atoms with E-state index in [0.717, 1.165) is 37.1 Å². The van der Waals surface area contributed by atoms with Crippen LogP contribution in [0.25, 0.3) is 0 Å². The van der Waals surface area contributed by atoms with E-state index in [2.05, 4.69) is 75.0 Å². The van der Waals surface area contributed by atoms with Crippen LogP contribution < -0.4 is 5.32 Å². The third-order valence-electron chi connectivity index (χ3n) is 3.14. The Labute approximate surface area is 133 Å². The fraction of sp³-hybridized carbons (Fsp3) is 0.375. The molecule has 1 aromatic carbocycles. The lowest BCUT2D eigenvalue weighted by Gasteiger charge is -2.17. The summed E-state index contributed by atoms with van der Waals surface area (Å²) in [7, 11) is 2.17. The van der Waals surface area contributed by atoms with Crippen molar-refractivity contribution in [2.24, 2.45) is 0 Å². The van der Waals surface area contributed by atoms with Crippen LogP contribution in [0.3, 0.4) is 0 Å². The van der Waals surface area contributed by atoms with Gasteiger partial charge in [0.1, 0.15) is 0 Å². The Balaban J connectivity index is 1.59. The van der Waals surface area contributed by atoms with E-state index in [4.69, 9.17) is 0 Å². The van der Waals surface area contributed by atoms with E-state index in [1.165, 1.54) is 10.4 Å². The Morgan fingerprint density at radius 3 is 2.85 bits per heavy atom. The second-order valence-corrected chi connectivity index (χ2v) is 6.89. The van der Waals surface area contributed by atoms with Gasteiger partial charge in [0.2, 0.25) is 0 Å². The third kappa shape index (κ3) is 5.75. The predicted octanol–water partition coefficient (Wildman–Crippen LogP) is 3.77. The summed E-state index contributed by atoms with van der Waals surface area (Å²) in [5.74, 6) is 0. The first-order valence-electron chi connectivity index (χ1n) is 6.90. The summed E-state index contributed by atoms with van der Waals surface area (Å²) < 4.78 is 1.15. The molecular weight excluding hydrogens is 332 g/mol. The molecule has 2 aromatic rings. The first-order valence-corrected chi connectivity index (χ1v) is 8.57. The lowest BCUT2D eigenvalue weighted by atomic mass is 10.2. The molecule has 0 unspecified atom stereocenters. The van der Waals surface area contributed by atoms with Crippen molar-refractivity contribution in [3.63, 3.8) is 0 Å². The maximum Gasteiger partial charge on any atom is 0.0231 e. The van der Waals surface area contributed by atoms with Crippen molar-refractivity contribution in [2.75, 3.05) is 26.7 Å². The van der Waals surface area contributed by atoms with Crippen LogP contribution in [0.1, 0.15) is 10.4 Å². The summed E-state index contributed by atoms with van der Waals surface area (Å²) in [5.41, 5.74) is 1.35. The topological polar surface area (TPSA) is 15.3 Å². The van der Waals surface area contributed by atoms with Gasteiger partial charge in [0.05, 0.1) is 0 Å². The zero-order valence-corrected chi connectivity index (χ0v) is 14.2. The summed E-state index contributed by atoms with van der Waals surface area (Å²) in [5, 5.41) is 5.65. The molecule has 2 nitrogen and oxygen atoms in total. The molecule has 0 amide bonds. The summed E-state index contributed by atoms with van der Waals surface area (Å²) >= 11 is 5.35. The second kappa shape index (κ2) is 8.57. The SMILES string of the molecule is CN(CCNCCc1cccs1)Cc1cccc(Br)c1. The van der Waals surface area contributed by atoms with Gasteiger partial charge in [-0.2, -0.15) is 0 Å². The molecule has 1 aromatic heterocycles. The highest BCUT2D eigenvalue weighted by Crippen LogP contribution is 2.12. The summed E-state index contributed by atoms with van der Waals surface area (Å²) in [6.45, 7) is 4.16. The van der Waals surface area contributed by atoms with Gasteiger partial charge in [0.25, 0.3) is 0 Å². The number of nitrogens with zero attached hydrogens (tertiary/aromatic N) is 1. The number of hydrogen-bond donors (Lipinski definition) is 1. The Bertz CT molecular complexity index is 499. The molecule has 0 aliphatic heterocycles. The van der Waals surface area contributed by atoms with Crippen LogP contribution >= 0.6 is 27.3 Å². The van der Waals surface area contributed by atoms with Gasteiger partial charge in [0.15, 0.2) is 0 Å². The van der Waals surface area contributed by atoms with Crippen LogP contribution in [0.15, 0.2) is 46.3 Å². The number of rotatable bonds is 8. The van der Waals surface area contributed by atoms with E-state index in [-0.39, 0.29) is 0 Å². The van der Waals surface area contributed by atoms with Gasteiger partial charge in [0, 0.05) is 35.5 Å².